The van der Waals surface area contributed by atoms with Crippen molar-refractivity contribution in [3.8, 4) is 0 Å². The van der Waals surface area contributed by atoms with Gasteiger partial charge < -0.3 is 10.3 Å². The van der Waals surface area contributed by atoms with Crippen LogP contribution in [0.15, 0.2) is 19.7 Å². The summed E-state index contributed by atoms with van der Waals surface area (Å²) in [5.74, 6) is 0.569. The first-order valence-electron chi connectivity index (χ1n) is 5.07. The van der Waals surface area contributed by atoms with Gasteiger partial charge in [-0.05, 0) is 6.92 Å². The summed E-state index contributed by atoms with van der Waals surface area (Å²) in [4.78, 5) is 31.1. The van der Waals surface area contributed by atoms with E-state index in [9.17, 15) is 9.59 Å². The molecule has 0 fully saturated rings. The van der Waals surface area contributed by atoms with Crippen LogP contribution in [0.5, 0.6) is 0 Å². The maximum absolute atomic E-state index is 11.4. The predicted octanol–water partition coefficient (Wildman–Crippen LogP) is -1.75. The van der Waals surface area contributed by atoms with Crippen LogP contribution in [0.3, 0.4) is 0 Å². The fourth-order valence-electron chi connectivity index (χ4n) is 1.40. The van der Waals surface area contributed by atoms with Gasteiger partial charge in [0.15, 0.2) is 0 Å². The number of rotatable bonds is 2. The first-order valence-corrected chi connectivity index (χ1v) is 5.07. The molecule has 1 aliphatic rings. The lowest BCUT2D eigenvalue weighted by Gasteiger charge is -2.00. The third-order valence-corrected chi connectivity index (χ3v) is 2.21. The van der Waals surface area contributed by atoms with Crippen molar-refractivity contribution in [2.45, 2.75) is 6.92 Å². The number of aliphatic imine (C=N–C) groups is 1. The highest BCUT2D eigenvalue weighted by Crippen LogP contribution is 1.89. The molecule has 0 saturated carbocycles. The Bertz CT molecular complexity index is 582. The first kappa shape index (κ1) is 11.1. The number of hydrogen-bond donors (Lipinski definition) is 4. The zero-order valence-electron chi connectivity index (χ0n) is 9.20. The minimum Gasteiger partial charge on any atom is -0.353 e. The Hall–Kier alpha value is -2.38. The molecule has 2 heterocycles. The van der Waals surface area contributed by atoms with Gasteiger partial charge in [-0.1, -0.05) is 0 Å². The lowest BCUT2D eigenvalue weighted by atomic mass is 10.2. The van der Waals surface area contributed by atoms with Crippen LogP contribution in [0.1, 0.15) is 11.3 Å². The number of H-pyrrole nitrogens is 2. The van der Waals surface area contributed by atoms with E-state index in [0.717, 1.165) is 6.54 Å². The summed E-state index contributed by atoms with van der Waals surface area (Å²) < 4.78 is 0. The number of aromatic amines is 2. The Balaban J connectivity index is 2.15. The van der Waals surface area contributed by atoms with Crippen LogP contribution >= 0.6 is 0 Å². The van der Waals surface area contributed by atoms with Crippen LogP contribution in [0.4, 0.5) is 0 Å². The van der Waals surface area contributed by atoms with Crippen molar-refractivity contribution in [3.63, 3.8) is 0 Å². The summed E-state index contributed by atoms with van der Waals surface area (Å²) in [6.45, 7) is 3.11. The molecule has 2 rings (SSSR count). The molecule has 0 radical (unpaired) electrons. The van der Waals surface area contributed by atoms with E-state index < -0.39 is 11.2 Å². The van der Waals surface area contributed by atoms with Crippen LogP contribution in [-0.2, 0) is 0 Å². The summed E-state index contributed by atoms with van der Waals surface area (Å²) in [5, 5.41) is 6.83. The van der Waals surface area contributed by atoms with E-state index in [4.69, 9.17) is 0 Å². The maximum atomic E-state index is 11.4. The molecule has 1 aliphatic heterocycles. The van der Waals surface area contributed by atoms with Crippen LogP contribution in [0.25, 0.3) is 0 Å². The van der Waals surface area contributed by atoms with Crippen LogP contribution < -0.4 is 22.0 Å². The highest BCUT2D eigenvalue weighted by Gasteiger charge is 2.04. The van der Waals surface area contributed by atoms with Gasteiger partial charge in [0.2, 0.25) is 5.96 Å². The van der Waals surface area contributed by atoms with E-state index in [0.29, 0.717) is 23.8 Å². The molecule has 1 aromatic rings. The average Bonchev–Trinajstić information content (AvgIpc) is 2.74. The smallest absolute Gasteiger partial charge is 0.325 e. The molecule has 0 unspecified atom stereocenters. The van der Waals surface area contributed by atoms with Gasteiger partial charge in [-0.3, -0.25) is 9.78 Å². The summed E-state index contributed by atoms with van der Waals surface area (Å²) in [7, 11) is 0. The number of aromatic nitrogens is 2. The number of guanidine groups is 1. The number of aryl methyl sites for hydroxylation is 1. The standard InChI is InChI=1S/C9H12N6O2/c1-5-6(7(16)14-9(17)13-5)4-12-15-8-10-2-3-11-8/h4H,2-3H2,1H3,(H2,10,11,15)(H2,13,14,16,17). The van der Waals surface area contributed by atoms with Crippen LogP contribution in [-0.4, -0.2) is 35.2 Å². The second kappa shape index (κ2) is 4.64. The van der Waals surface area contributed by atoms with E-state index in [2.05, 4.69) is 30.8 Å². The molecule has 1 aromatic heterocycles. The lowest BCUT2D eigenvalue weighted by molar-refractivity contribution is 0.918. The molecule has 0 aromatic carbocycles. The topological polar surface area (TPSA) is 114 Å². The molecular formula is C9H12N6O2. The van der Waals surface area contributed by atoms with Gasteiger partial charge in [-0.25, -0.2) is 15.2 Å². The molecular weight excluding hydrogens is 224 g/mol. The van der Waals surface area contributed by atoms with E-state index in [1.807, 2.05) is 0 Å². The van der Waals surface area contributed by atoms with Gasteiger partial charge in [0.25, 0.3) is 5.56 Å². The van der Waals surface area contributed by atoms with Crippen molar-refractivity contribution < 1.29 is 0 Å². The van der Waals surface area contributed by atoms with Crippen LogP contribution in [0, 0.1) is 6.92 Å². The second-order valence-corrected chi connectivity index (χ2v) is 3.47. The number of hydrazone groups is 1. The third kappa shape index (κ3) is 2.60. The van der Waals surface area contributed by atoms with E-state index in [1.54, 1.807) is 6.92 Å². The second-order valence-electron chi connectivity index (χ2n) is 3.47. The zero-order chi connectivity index (χ0) is 12.3. The van der Waals surface area contributed by atoms with Crippen molar-refractivity contribution in [3.05, 3.63) is 32.1 Å². The van der Waals surface area contributed by atoms with Gasteiger partial charge >= 0.3 is 5.69 Å². The molecule has 0 atom stereocenters. The van der Waals surface area contributed by atoms with Crippen molar-refractivity contribution in [1.29, 1.82) is 0 Å². The van der Waals surface area contributed by atoms with E-state index >= 15 is 0 Å². The predicted molar refractivity (Wildman–Crippen MR) is 63.5 cm³/mol. The Labute approximate surface area is 95.9 Å². The first-order chi connectivity index (χ1) is 8.16. The normalized spacial score (nSPS) is 14.8. The molecule has 17 heavy (non-hydrogen) atoms. The molecule has 4 N–H and O–H groups in total. The van der Waals surface area contributed by atoms with E-state index in [-0.39, 0.29) is 0 Å². The molecule has 8 heteroatoms. The third-order valence-electron chi connectivity index (χ3n) is 2.21. The minimum atomic E-state index is -0.528. The summed E-state index contributed by atoms with van der Waals surface area (Å²) in [6, 6.07) is 0. The van der Waals surface area contributed by atoms with E-state index in [1.165, 1.54) is 6.21 Å². The Kier molecular flexibility index (Phi) is 3.03. The molecule has 90 valence electrons. The number of hydrogen-bond acceptors (Lipinski definition) is 6. The van der Waals surface area contributed by atoms with Crippen LogP contribution in [0.2, 0.25) is 0 Å². The number of nitrogens with zero attached hydrogens (tertiary/aromatic N) is 2. The monoisotopic (exact) mass is 236 g/mol. The van der Waals surface area contributed by atoms with Crippen molar-refractivity contribution >= 4 is 12.2 Å². The Morgan fingerprint density at radius 3 is 2.88 bits per heavy atom. The summed E-state index contributed by atoms with van der Waals surface area (Å²) >= 11 is 0. The van der Waals surface area contributed by atoms with Crippen molar-refractivity contribution in [2.24, 2.45) is 10.1 Å². The van der Waals surface area contributed by atoms with Gasteiger partial charge in [-0.2, -0.15) is 5.10 Å². The quantitative estimate of drug-likeness (QED) is 0.360. The van der Waals surface area contributed by atoms with Crippen molar-refractivity contribution in [1.82, 2.24) is 20.7 Å². The Morgan fingerprint density at radius 1 is 1.41 bits per heavy atom. The van der Waals surface area contributed by atoms with Gasteiger partial charge in [-0.15, -0.1) is 0 Å². The molecule has 8 nitrogen and oxygen atoms in total. The molecule has 0 amide bonds. The maximum Gasteiger partial charge on any atom is 0.325 e. The fourth-order valence-corrected chi connectivity index (χ4v) is 1.40. The average molecular weight is 236 g/mol. The lowest BCUT2D eigenvalue weighted by Crippen LogP contribution is -2.31. The SMILES string of the molecule is Cc1[nH]c(=O)[nH]c(=O)c1C=NNC1=NCCN1. The summed E-state index contributed by atoms with van der Waals surface area (Å²) in [6.07, 6.45) is 1.34. The van der Waals surface area contributed by atoms with Gasteiger partial charge in [0.05, 0.1) is 18.3 Å². The molecule has 0 spiro atoms. The Morgan fingerprint density at radius 2 is 2.24 bits per heavy atom. The fraction of sp³-hybridized carbons (Fsp3) is 0.333. The molecule has 0 saturated heterocycles. The van der Waals surface area contributed by atoms with Gasteiger partial charge in [0, 0.05) is 12.2 Å². The van der Waals surface area contributed by atoms with Crippen molar-refractivity contribution in [2.75, 3.05) is 13.1 Å². The molecule has 0 aliphatic carbocycles. The molecule has 0 bridgehead atoms. The van der Waals surface area contributed by atoms with Gasteiger partial charge in [0.1, 0.15) is 0 Å². The highest BCUT2D eigenvalue weighted by atomic mass is 16.2. The summed E-state index contributed by atoms with van der Waals surface area (Å²) in [5.41, 5.74) is 2.43. The number of nitrogens with one attached hydrogen (secondary N) is 4. The minimum absolute atomic E-state index is 0.302. The zero-order valence-corrected chi connectivity index (χ0v) is 9.20. The highest BCUT2D eigenvalue weighted by molar-refractivity contribution is 5.84. The largest absolute Gasteiger partial charge is 0.353 e.